The van der Waals surface area contributed by atoms with Gasteiger partial charge < -0.3 is 5.11 Å². The minimum Gasteiger partial charge on any atom is -0.478 e. The van der Waals surface area contributed by atoms with E-state index in [2.05, 4.69) is 10.1 Å². The highest BCUT2D eigenvalue weighted by molar-refractivity contribution is 5.91. The van der Waals surface area contributed by atoms with Crippen LogP contribution in [0.15, 0.2) is 79.3 Å². The molecule has 0 unspecified atom stereocenters. The Morgan fingerprint density at radius 3 is 2.41 bits per heavy atom. The quantitative estimate of drug-likeness (QED) is 0.585. The molecule has 0 radical (unpaired) electrons. The van der Waals surface area contributed by atoms with Crippen LogP contribution in [-0.4, -0.2) is 25.8 Å². The number of carbonyl (C=O) groups is 1. The van der Waals surface area contributed by atoms with Gasteiger partial charge in [0, 0.05) is 35.3 Å². The molecule has 2 aromatic heterocycles. The van der Waals surface area contributed by atoms with Crippen LogP contribution in [0.2, 0.25) is 0 Å². The highest BCUT2D eigenvalue weighted by Gasteiger charge is 2.18. The van der Waals surface area contributed by atoms with Crippen molar-refractivity contribution in [2.45, 2.75) is 0 Å². The number of nitrogens with zero attached hydrogens (tertiary/aromatic N) is 3. The number of carboxylic acid groups (broad SMARTS) is 1. The molecule has 6 heteroatoms. The van der Waals surface area contributed by atoms with E-state index < -0.39 is 11.8 Å². The molecule has 2 aromatic carbocycles. The zero-order valence-corrected chi connectivity index (χ0v) is 14.1. The summed E-state index contributed by atoms with van der Waals surface area (Å²) >= 11 is 0. The lowest BCUT2D eigenvalue weighted by atomic mass is 10.00. The molecule has 4 aromatic rings. The van der Waals surface area contributed by atoms with Crippen LogP contribution in [0.5, 0.6) is 0 Å². The predicted molar refractivity (Wildman–Crippen MR) is 99.1 cm³/mol. The number of benzene rings is 2. The molecule has 0 aliphatic heterocycles. The highest BCUT2D eigenvalue weighted by Crippen LogP contribution is 2.34. The molecule has 0 fully saturated rings. The maximum atomic E-state index is 14.6. The largest absolute Gasteiger partial charge is 0.478 e. The van der Waals surface area contributed by atoms with Crippen molar-refractivity contribution in [1.82, 2.24) is 14.8 Å². The number of para-hydroxylation sites is 1. The van der Waals surface area contributed by atoms with E-state index in [1.807, 2.05) is 30.3 Å². The van der Waals surface area contributed by atoms with Gasteiger partial charge in [0.25, 0.3) is 0 Å². The van der Waals surface area contributed by atoms with Crippen molar-refractivity contribution in [3.05, 3.63) is 90.6 Å². The first-order valence-electron chi connectivity index (χ1n) is 8.22. The van der Waals surface area contributed by atoms with Gasteiger partial charge in [-0.3, -0.25) is 4.98 Å². The summed E-state index contributed by atoms with van der Waals surface area (Å²) in [6.07, 6.45) is 4.96. The number of halogens is 1. The standard InChI is InChI=1S/C21H14FN3O2/c22-19-7-6-15(21(26)27)12-17(19)18-13-25(16-4-2-1-3-5-16)24-20(18)14-8-10-23-11-9-14/h1-13H,(H,26,27). The molecule has 0 saturated heterocycles. The molecule has 5 nitrogen and oxygen atoms in total. The molecule has 1 N–H and O–H groups in total. The summed E-state index contributed by atoms with van der Waals surface area (Å²) in [5, 5.41) is 13.9. The van der Waals surface area contributed by atoms with Crippen molar-refractivity contribution in [2.75, 3.05) is 0 Å². The molecule has 132 valence electrons. The number of carboxylic acids is 1. The number of pyridine rings is 1. The van der Waals surface area contributed by atoms with Crippen molar-refractivity contribution in [2.24, 2.45) is 0 Å². The van der Waals surface area contributed by atoms with Gasteiger partial charge in [-0.2, -0.15) is 5.10 Å². The summed E-state index contributed by atoms with van der Waals surface area (Å²) in [4.78, 5) is 15.3. The second-order valence-electron chi connectivity index (χ2n) is 5.91. The minimum atomic E-state index is -1.11. The van der Waals surface area contributed by atoms with Gasteiger partial charge in [-0.25, -0.2) is 13.9 Å². The van der Waals surface area contributed by atoms with E-state index in [9.17, 15) is 14.3 Å². The first-order valence-corrected chi connectivity index (χ1v) is 8.22. The highest BCUT2D eigenvalue weighted by atomic mass is 19.1. The van der Waals surface area contributed by atoms with Crippen molar-refractivity contribution >= 4 is 5.97 Å². The van der Waals surface area contributed by atoms with Crippen LogP contribution in [0.25, 0.3) is 28.1 Å². The molecule has 0 amide bonds. The average molecular weight is 359 g/mol. The predicted octanol–water partition coefficient (Wildman–Crippen LogP) is 4.44. The minimum absolute atomic E-state index is 0.0135. The van der Waals surface area contributed by atoms with E-state index in [4.69, 9.17) is 0 Å². The van der Waals surface area contributed by atoms with Gasteiger partial charge in [-0.05, 0) is 42.5 Å². The maximum absolute atomic E-state index is 14.6. The normalized spacial score (nSPS) is 10.7. The molecule has 2 heterocycles. The zero-order valence-electron chi connectivity index (χ0n) is 14.1. The van der Waals surface area contributed by atoms with Gasteiger partial charge in [0.2, 0.25) is 0 Å². The van der Waals surface area contributed by atoms with Crippen LogP contribution in [0, 0.1) is 5.82 Å². The molecular formula is C21H14FN3O2. The third-order valence-electron chi connectivity index (χ3n) is 4.19. The Morgan fingerprint density at radius 2 is 1.70 bits per heavy atom. The molecule has 0 bridgehead atoms. The Hall–Kier alpha value is -3.80. The number of aromatic nitrogens is 3. The van der Waals surface area contributed by atoms with E-state index in [0.717, 1.165) is 17.3 Å². The summed E-state index contributed by atoms with van der Waals surface area (Å²) in [5.74, 6) is -1.62. The van der Waals surface area contributed by atoms with E-state index in [0.29, 0.717) is 11.3 Å². The zero-order chi connectivity index (χ0) is 18.8. The molecule has 4 rings (SSSR count). The van der Waals surface area contributed by atoms with E-state index in [-0.39, 0.29) is 11.1 Å². The lowest BCUT2D eigenvalue weighted by molar-refractivity contribution is 0.0697. The molecular weight excluding hydrogens is 345 g/mol. The Morgan fingerprint density at radius 1 is 0.963 bits per heavy atom. The number of aromatic carboxylic acids is 1. The van der Waals surface area contributed by atoms with Crippen molar-refractivity contribution < 1.29 is 14.3 Å². The van der Waals surface area contributed by atoms with Crippen molar-refractivity contribution in [3.63, 3.8) is 0 Å². The summed E-state index contributed by atoms with van der Waals surface area (Å²) in [6, 6.07) is 16.7. The van der Waals surface area contributed by atoms with Crippen LogP contribution in [-0.2, 0) is 0 Å². The topological polar surface area (TPSA) is 68.0 Å². The van der Waals surface area contributed by atoms with Gasteiger partial charge in [-0.1, -0.05) is 18.2 Å². The lowest BCUT2D eigenvalue weighted by Gasteiger charge is -2.05. The fraction of sp³-hybridized carbons (Fsp3) is 0. The molecule has 0 aliphatic carbocycles. The lowest BCUT2D eigenvalue weighted by Crippen LogP contribution is -1.98. The van der Waals surface area contributed by atoms with Gasteiger partial charge in [0.15, 0.2) is 0 Å². The fourth-order valence-corrected chi connectivity index (χ4v) is 2.87. The van der Waals surface area contributed by atoms with E-state index in [1.54, 1.807) is 35.4 Å². The maximum Gasteiger partial charge on any atom is 0.335 e. The first-order chi connectivity index (χ1) is 13.1. The van der Waals surface area contributed by atoms with Crippen LogP contribution in [0.1, 0.15) is 10.4 Å². The summed E-state index contributed by atoms with van der Waals surface area (Å²) in [5.41, 5.74) is 2.82. The number of rotatable bonds is 4. The molecule has 27 heavy (non-hydrogen) atoms. The van der Waals surface area contributed by atoms with Crippen LogP contribution in [0.3, 0.4) is 0 Å². The molecule has 0 saturated carbocycles. The second-order valence-corrected chi connectivity index (χ2v) is 5.91. The average Bonchev–Trinajstić information content (AvgIpc) is 3.15. The monoisotopic (exact) mass is 359 g/mol. The van der Waals surface area contributed by atoms with Crippen LogP contribution >= 0.6 is 0 Å². The van der Waals surface area contributed by atoms with Crippen molar-refractivity contribution in [3.8, 4) is 28.1 Å². The van der Waals surface area contributed by atoms with Gasteiger partial charge in [0.05, 0.1) is 11.3 Å². The first kappa shape index (κ1) is 16.7. The Balaban J connectivity index is 1.96. The van der Waals surface area contributed by atoms with E-state index in [1.165, 1.54) is 12.1 Å². The Bertz CT molecular complexity index is 1110. The van der Waals surface area contributed by atoms with Crippen LogP contribution < -0.4 is 0 Å². The summed E-state index contributed by atoms with van der Waals surface area (Å²) in [7, 11) is 0. The fourth-order valence-electron chi connectivity index (χ4n) is 2.87. The van der Waals surface area contributed by atoms with Gasteiger partial charge in [0.1, 0.15) is 11.5 Å². The third-order valence-corrected chi connectivity index (χ3v) is 4.19. The molecule has 0 aliphatic rings. The number of hydrogen-bond acceptors (Lipinski definition) is 3. The van der Waals surface area contributed by atoms with Crippen LogP contribution in [0.4, 0.5) is 4.39 Å². The smallest absolute Gasteiger partial charge is 0.335 e. The molecule has 0 spiro atoms. The summed E-state index contributed by atoms with van der Waals surface area (Å²) in [6.45, 7) is 0. The Kier molecular flexibility index (Phi) is 4.22. The van der Waals surface area contributed by atoms with E-state index >= 15 is 0 Å². The van der Waals surface area contributed by atoms with Gasteiger partial charge in [-0.15, -0.1) is 0 Å². The Labute approximate surface area is 154 Å². The summed E-state index contributed by atoms with van der Waals surface area (Å²) < 4.78 is 16.2. The number of hydrogen-bond donors (Lipinski definition) is 1. The molecule has 0 atom stereocenters. The SMILES string of the molecule is O=C(O)c1ccc(F)c(-c2cn(-c3ccccc3)nc2-c2ccncc2)c1. The van der Waals surface area contributed by atoms with Gasteiger partial charge >= 0.3 is 5.97 Å². The second kappa shape index (κ2) is 6.84. The third kappa shape index (κ3) is 3.20. The van der Waals surface area contributed by atoms with Crippen molar-refractivity contribution in [1.29, 1.82) is 0 Å².